The lowest BCUT2D eigenvalue weighted by Crippen LogP contribution is -2.40. The first-order valence-electron chi connectivity index (χ1n) is 5.11. The summed E-state index contributed by atoms with van der Waals surface area (Å²) in [6.45, 7) is 0.775. The van der Waals surface area contributed by atoms with Gasteiger partial charge in [-0.05, 0) is 5.56 Å². The third-order valence-electron chi connectivity index (χ3n) is 1.99. The summed E-state index contributed by atoms with van der Waals surface area (Å²) in [6, 6.07) is 10.2. The lowest BCUT2D eigenvalue weighted by atomic mass is 10.2. The van der Waals surface area contributed by atoms with Crippen molar-refractivity contribution in [2.45, 2.75) is 11.2 Å². The number of hydrogen-bond acceptors (Lipinski definition) is 3. The minimum absolute atomic E-state index is 0. The molecule has 3 nitrogen and oxygen atoms in total. The second-order valence-corrected chi connectivity index (χ2v) is 5.89. The van der Waals surface area contributed by atoms with Gasteiger partial charge in [0, 0.05) is 5.75 Å². The number of thioether (sulfide) groups is 1. The topological polar surface area (TPSA) is 50.2 Å². The van der Waals surface area contributed by atoms with Crippen LogP contribution in [-0.2, 0) is 5.75 Å². The molecule has 0 aliphatic carbocycles. The van der Waals surface area contributed by atoms with E-state index in [1.54, 1.807) is 11.8 Å². The Kier molecular flexibility index (Phi) is 6.67. The Labute approximate surface area is 102 Å². The van der Waals surface area contributed by atoms with Gasteiger partial charge in [-0.1, -0.05) is 30.3 Å². The average Bonchev–Trinajstić information content (AvgIpc) is 2.14. The number of aliphatic hydroxyl groups excluding tert-OH is 1. The summed E-state index contributed by atoms with van der Waals surface area (Å²) in [5.41, 5.74) is 0.980. The van der Waals surface area contributed by atoms with Gasteiger partial charge >= 0.3 is 0 Å². The van der Waals surface area contributed by atoms with Crippen LogP contribution in [0.3, 0.4) is 0 Å². The van der Waals surface area contributed by atoms with Crippen molar-refractivity contribution >= 4 is 11.8 Å². The Morgan fingerprint density at radius 1 is 1.19 bits per heavy atom. The Bertz CT molecular complexity index is 285. The Morgan fingerprint density at radius 3 is 2.25 bits per heavy atom. The summed E-state index contributed by atoms with van der Waals surface area (Å²) >= 11 is 1.60. The number of benzene rings is 1. The summed E-state index contributed by atoms with van der Waals surface area (Å²) in [6.07, 6.45) is 0. The molecule has 0 saturated carbocycles. The first-order valence-corrected chi connectivity index (χ1v) is 6.16. The molecule has 1 rings (SSSR count). The molecule has 4 heteroatoms. The third kappa shape index (κ3) is 6.85. The van der Waals surface area contributed by atoms with Gasteiger partial charge in [0.05, 0.1) is 21.1 Å². The van der Waals surface area contributed by atoms with Gasteiger partial charge in [-0.2, -0.15) is 0 Å². The zero-order chi connectivity index (χ0) is 11.3. The molecule has 16 heavy (non-hydrogen) atoms. The Balaban J connectivity index is 0.00000225. The molecule has 0 heterocycles. The lowest BCUT2D eigenvalue weighted by molar-refractivity contribution is -0.871. The number of rotatable bonds is 5. The van der Waals surface area contributed by atoms with Crippen molar-refractivity contribution in [3.8, 4) is 0 Å². The van der Waals surface area contributed by atoms with Crippen molar-refractivity contribution < 1.29 is 15.1 Å². The highest BCUT2D eigenvalue weighted by molar-refractivity contribution is 7.98. The molecule has 1 unspecified atom stereocenters. The predicted octanol–water partition coefficient (Wildman–Crippen LogP) is 1.77. The largest absolute Gasteiger partial charge is 0.870 e. The van der Waals surface area contributed by atoms with E-state index in [1.165, 1.54) is 5.56 Å². The van der Waals surface area contributed by atoms with Crippen molar-refractivity contribution in [1.29, 1.82) is 0 Å². The smallest absolute Gasteiger partial charge is 0.148 e. The molecular formula is C12H21NO2S. The van der Waals surface area contributed by atoms with Crippen molar-refractivity contribution in [3.63, 3.8) is 0 Å². The molecule has 0 aliphatic heterocycles. The first-order chi connectivity index (χ1) is 6.97. The summed E-state index contributed by atoms with van der Waals surface area (Å²) in [4.78, 5) is 0. The summed E-state index contributed by atoms with van der Waals surface area (Å²) < 4.78 is 0.795. The van der Waals surface area contributed by atoms with E-state index in [0.29, 0.717) is 0 Å². The second-order valence-electron chi connectivity index (χ2n) is 4.72. The zero-order valence-corrected chi connectivity index (χ0v) is 10.9. The standard InChI is InChI=1S/C12H20NOS.H2O/c1-13(2,3)9-12(14)15-10-11-7-5-4-6-8-11;/h4-8,12,14H,9-10H2,1-3H3;1H2/q+1;/p-1. The van der Waals surface area contributed by atoms with Gasteiger partial charge in [0.2, 0.25) is 0 Å². The molecule has 1 aromatic carbocycles. The van der Waals surface area contributed by atoms with Crippen LogP contribution < -0.4 is 0 Å². The molecule has 0 amide bonds. The summed E-state index contributed by atoms with van der Waals surface area (Å²) in [5.74, 6) is 0.877. The molecular weight excluding hydrogens is 222 g/mol. The number of quaternary nitrogens is 1. The van der Waals surface area contributed by atoms with Gasteiger partial charge in [0.15, 0.2) is 0 Å². The van der Waals surface area contributed by atoms with Crippen LogP contribution in [0.2, 0.25) is 0 Å². The maximum atomic E-state index is 9.79. The van der Waals surface area contributed by atoms with Crippen molar-refractivity contribution in [2.75, 3.05) is 27.7 Å². The van der Waals surface area contributed by atoms with Crippen molar-refractivity contribution in [1.82, 2.24) is 0 Å². The van der Waals surface area contributed by atoms with Crippen molar-refractivity contribution in [3.05, 3.63) is 35.9 Å². The SMILES string of the molecule is C[N+](C)(C)CC(O)SCc1ccccc1.[OH-]. The number of aliphatic hydroxyl groups is 1. The number of nitrogens with zero attached hydrogens (tertiary/aromatic N) is 1. The van der Waals surface area contributed by atoms with E-state index in [1.807, 2.05) is 18.2 Å². The van der Waals surface area contributed by atoms with Gasteiger partial charge in [-0.25, -0.2) is 0 Å². The van der Waals surface area contributed by atoms with E-state index >= 15 is 0 Å². The highest BCUT2D eigenvalue weighted by Crippen LogP contribution is 2.17. The van der Waals surface area contributed by atoms with Crippen LogP contribution in [-0.4, -0.2) is 48.2 Å². The first kappa shape index (κ1) is 15.4. The Hall–Kier alpha value is -0.550. The maximum absolute atomic E-state index is 9.79. The molecule has 0 radical (unpaired) electrons. The van der Waals surface area contributed by atoms with E-state index in [-0.39, 0.29) is 10.9 Å². The Morgan fingerprint density at radius 2 is 1.75 bits per heavy atom. The number of likely N-dealkylation sites (N-methyl/N-ethyl adjacent to an activating group) is 1. The lowest BCUT2D eigenvalue weighted by Gasteiger charge is -2.26. The normalized spacial score (nSPS) is 13.0. The fraction of sp³-hybridized carbons (Fsp3) is 0.500. The zero-order valence-electron chi connectivity index (χ0n) is 10.1. The van der Waals surface area contributed by atoms with Crippen LogP contribution in [0.15, 0.2) is 30.3 Å². The third-order valence-corrected chi connectivity index (χ3v) is 3.02. The monoisotopic (exact) mass is 243 g/mol. The summed E-state index contributed by atoms with van der Waals surface area (Å²) in [7, 11) is 6.27. The number of hydrogen-bond donors (Lipinski definition) is 1. The van der Waals surface area contributed by atoms with E-state index in [4.69, 9.17) is 0 Å². The van der Waals surface area contributed by atoms with Crippen LogP contribution in [0.5, 0.6) is 0 Å². The highest BCUT2D eigenvalue weighted by Gasteiger charge is 2.15. The molecule has 0 aliphatic rings. The fourth-order valence-corrected chi connectivity index (χ4v) is 2.42. The average molecular weight is 243 g/mol. The van der Waals surface area contributed by atoms with Gasteiger partial charge < -0.3 is 15.1 Å². The van der Waals surface area contributed by atoms with Crippen LogP contribution in [0.4, 0.5) is 0 Å². The van der Waals surface area contributed by atoms with Gasteiger partial charge in [0.1, 0.15) is 12.0 Å². The molecule has 0 bridgehead atoms. The fourth-order valence-electron chi connectivity index (χ4n) is 1.29. The van der Waals surface area contributed by atoms with E-state index < -0.39 is 0 Å². The predicted molar refractivity (Wildman–Crippen MR) is 68.6 cm³/mol. The minimum Gasteiger partial charge on any atom is -0.870 e. The van der Waals surface area contributed by atoms with E-state index in [0.717, 1.165) is 16.8 Å². The molecule has 0 fully saturated rings. The highest BCUT2D eigenvalue weighted by atomic mass is 32.2. The minimum atomic E-state index is -0.287. The maximum Gasteiger partial charge on any atom is 0.148 e. The molecule has 92 valence electrons. The van der Waals surface area contributed by atoms with E-state index in [9.17, 15) is 5.11 Å². The molecule has 0 aromatic heterocycles. The van der Waals surface area contributed by atoms with Gasteiger partial charge in [-0.3, -0.25) is 0 Å². The van der Waals surface area contributed by atoms with Crippen LogP contribution in [0, 0.1) is 0 Å². The van der Waals surface area contributed by atoms with Crippen molar-refractivity contribution in [2.24, 2.45) is 0 Å². The molecule has 2 N–H and O–H groups in total. The molecule has 1 atom stereocenters. The molecule has 0 saturated heterocycles. The van der Waals surface area contributed by atoms with Crippen LogP contribution in [0.25, 0.3) is 0 Å². The van der Waals surface area contributed by atoms with Crippen LogP contribution in [0.1, 0.15) is 5.56 Å². The van der Waals surface area contributed by atoms with Gasteiger partial charge in [0.25, 0.3) is 0 Å². The van der Waals surface area contributed by atoms with Crippen LogP contribution >= 0.6 is 11.8 Å². The quantitative estimate of drug-likeness (QED) is 0.633. The molecule has 1 aromatic rings. The molecule has 0 spiro atoms. The second kappa shape index (κ2) is 6.91. The van der Waals surface area contributed by atoms with E-state index in [2.05, 4.69) is 33.3 Å². The summed E-state index contributed by atoms with van der Waals surface area (Å²) in [5, 5.41) is 9.79. The van der Waals surface area contributed by atoms with Gasteiger partial charge in [-0.15, -0.1) is 11.8 Å².